The van der Waals surface area contributed by atoms with E-state index in [0.29, 0.717) is 6.54 Å². The molecule has 2 N–H and O–H groups in total. The van der Waals surface area contributed by atoms with Crippen molar-refractivity contribution in [1.82, 2.24) is 10.2 Å². The Morgan fingerprint density at radius 2 is 1.90 bits per heavy atom. The first-order valence-electron chi connectivity index (χ1n) is 6.98. The minimum atomic E-state index is -0.937. The highest BCUT2D eigenvalue weighted by molar-refractivity contribution is 5.87. The summed E-state index contributed by atoms with van der Waals surface area (Å²) in [6.07, 6.45) is 4.62. The lowest BCUT2D eigenvalue weighted by Crippen LogP contribution is -2.67. The summed E-state index contributed by atoms with van der Waals surface area (Å²) in [5, 5.41) is 11.7. The van der Waals surface area contributed by atoms with Crippen molar-refractivity contribution in [1.29, 1.82) is 0 Å². The molecule has 2 aliphatic rings. The molecule has 5 nitrogen and oxygen atoms in total. The van der Waals surface area contributed by atoms with Crippen LogP contribution >= 0.6 is 0 Å². The number of carboxylic acid groups (broad SMARTS) is 1. The maximum absolute atomic E-state index is 12.1. The van der Waals surface area contributed by atoms with Crippen LogP contribution in [0.3, 0.4) is 0 Å². The van der Waals surface area contributed by atoms with E-state index in [4.69, 9.17) is 5.11 Å². The molecule has 106 valence electrons. The Hall–Kier alpha value is -2.04. The first-order chi connectivity index (χ1) is 9.61. The van der Waals surface area contributed by atoms with Crippen LogP contribution in [0.25, 0.3) is 0 Å². The molecular formula is C15H18N2O3. The molecule has 3 rings (SSSR count). The number of hydrogen-bond donors (Lipinski definition) is 2. The third-order valence-corrected chi connectivity index (χ3v) is 4.55. The van der Waals surface area contributed by atoms with Crippen LogP contribution in [0.2, 0.25) is 0 Å². The Bertz CT molecular complexity index is 529. The van der Waals surface area contributed by atoms with Gasteiger partial charge in [-0.25, -0.2) is 9.59 Å². The van der Waals surface area contributed by atoms with Crippen molar-refractivity contribution in [3.05, 3.63) is 35.4 Å². The van der Waals surface area contributed by atoms with Crippen molar-refractivity contribution in [2.45, 2.75) is 37.8 Å². The highest BCUT2D eigenvalue weighted by Gasteiger charge is 2.51. The third kappa shape index (κ3) is 2.13. The number of nitrogens with zero attached hydrogens (tertiary/aromatic N) is 1. The standard InChI is InChI=1S/C15H18N2O3/c18-13(19)12-4-2-11(3-5-12)10-16-14(20)17-9-8-15(17)6-1-7-15/h2-5H,1,6-10H2,(H,16,20)(H,18,19). The number of carboxylic acids is 1. The molecule has 1 aliphatic heterocycles. The van der Waals surface area contributed by atoms with Gasteiger partial charge in [-0.05, 0) is 43.4 Å². The second-order valence-corrected chi connectivity index (χ2v) is 5.64. The minimum absolute atomic E-state index is 0.00161. The number of likely N-dealkylation sites (tertiary alicyclic amines) is 1. The molecule has 1 aromatic carbocycles. The van der Waals surface area contributed by atoms with E-state index in [9.17, 15) is 9.59 Å². The van der Waals surface area contributed by atoms with Gasteiger partial charge in [-0.3, -0.25) is 0 Å². The molecule has 0 unspecified atom stereocenters. The van der Waals surface area contributed by atoms with Crippen molar-refractivity contribution >= 4 is 12.0 Å². The van der Waals surface area contributed by atoms with E-state index in [-0.39, 0.29) is 17.1 Å². The average Bonchev–Trinajstić information content (AvgIpc) is 2.34. The maximum Gasteiger partial charge on any atom is 0.335 e. The molecule has 1 heterocycles. The fourth-order valence-electron chi connectivity index (χ4n) is 3.00. The first-order valence-corrected chi connectivity index (χ1v) is 6.98. The number of rotatable bonds is 3. The average molecular weight is 274 g/mol. The molecular weight excluding hydrogens is 256 g/mol. The fourth-order valence-corrected chi connectivity index (χ4v) is 3.00. The Morgan fingerprint density at radius 3 is 2.35 bits per heavy atom. The molecule has 0 bridgehead atoms. The quantitative estimate of drug-likeness (QED) is 0.888. The minimum Gasteiger partial charge on any atom is -0.478 e. The molecule has 1 spiro atoms. The van der Waals surface area contributed by atoms with Gasteiger partial charge in [-0.15, -0.1) is 0 Å². The Morgan fingerprint density at radius 1 is 1.20 bits per heavy atom. The van der Waals surface area contributed by atoms with Crippen molar-refractivity contribution in [2.24, 2.45) is 0 Å². The van der Waals surface area contributed by atoms with E-state index >= 15 is 0 Å². The maximum atomic E-state index is 12.1. The predicted octanol–water partition coefficient (Wildman–Crippen LogP) is 2.22. The van der Waals surface area contributed by atoms with Gasteiger partial charge in [0.25, 0.3) is 0 Å². The summed E-state index contributed by atoms with van der Waals surface area (Å²) in [4.78, 5) is 24.8. The lowest BCUT2D eigenvalue weighted by atomic mass is 9.68. The van der Waals surface area contributed by atoms with Gasteiger partial charge < -0.3 is 15.3 Å². The first kappa shape index (κ1) is 13.0. The largest absolute Gasteiger partial charge is 0.478 e. The zero-order chi connectivity index (χ0) is 14.2. The van der Waals surface area contributed by atoms with Crippen molar-refractivity contribution in [3.8, 4) is 0 Å². The van der Waals surface area contributed by atoms with E-state index in [1.165, 1.54) is 6.42 Å². The van der Waals surface area contributed by atoms with Crippen LogP contribution in [-0.4, -0.2) is 34.1 Å². The lowest BCUT2D eigenvalue weighted by Gasteiger charge is -2.58. The summed E-state index contributed by atoms with van der Waals surface area (Å²) in [5.41, 5.74) is 1.33. The van der Waals surface area contributed by atoms with E-state index in [1.807, 2.05) is 4.90 Å². The van der Waals surface area contributed by atoms with Crippen molar-refractivity contribution in [3.63, 3.8) is 0 Å². The normalized spacial score (nSPS) is 19.1. The Kier molecular flexibility index (Phi) is 3.12. The Balaban J connectivity index is 1.54. The van der Waals surface area contributed by atoms with Crippen LogP contribution in [0.15, 0.2) is 24.3 Å². The summed E-state index contributed by atoms with van der Waals surface area (Å²) in [5.74, 6) is -0.937. The lowest BCUT2D eigenvalue weighted by molar-refractivity contribution is -0.0365. The topological polar surface area (TPSA) is 69.6 Å². The number of benzene rings is 1. The molecule has 0 radical (unpaired) electrons. The summed E-state index contributed by atoms with van der Waals surface area (Å²) in [7, 11) is 0. The number of carbonyl (C=O) groups is 2. The molecule has 0 atom stereocenters. The van der Waals surface area contributed by atoms with Crippen LogP contribution in [-0.2, 0) is 6.54 Å². The van der Waals surface area contributed by atoms with Crippen molar-refractivity contribution < 1.29 is 14.7 Å². The van der Waals surface area contributed by atoms with Crippen molar-refractivity contribution in [2.75, 3.05) is 6.54 Å². The number of aromatic carboxylic acids is 1. The van der Waals surface area contributed by atoms with Gasteiger partial charge in [-0.2, -0.15) is 0 Å². The molecule has 2 amide bonds. The zero-order valence-corrected chi connectivity index (χ0v) is 11.3. The zero-order valence-electron chi connectivity index (χ0n) is 11.3. The Labute approximate surface area is 117 Å². The summed E-state index contributed by atoms with van der Waals surface area (Å²) in [6, 6.07) is 6.58. The highest BCUT2D eigenvalue weighted by Crippen LogP contribution is 2.46. The predicted molar refractivity (Wildman–Crippen MR) is 73.5 cm³/mol. The smallest absolute Gasteiger partial charge is 0.335 e. The van der Waals surface area contributed by atoms with Gasteiger partial charge in [0.2, 0.25) is 0 Å². The van der Waals surface area contributed by atoms with Gasteiger partial charge in [0.1, 0.15) is 0 Å². The van der Waals surface area contributed by atoms with Crippen LogP contribution in [0.4, 0.5) is 4.79 Å². The van der Waals surface area contributed by atoms with Crippen LogP contribution in [0.1, 0.15) is 41.6 Å². The number of carbonyl (C=O) groups excluding carboxylic acids is 1. The third-order valence-electron chi connectivity index (χ3n) is 4.55. The van der Waals surface area contributed by atoms with Gasteiger partial charge in [0, 0.05) is 18.6 Å². The number of amides is 2. The summed E-state index contributed by atoms with van der Waals surface area (Å²) >= 11 is 0. The summed E-state index contributed by atoms with van der Waals surface area (Å²) < 4.78 is 0. The molecule has 20 heavy (non-hydrogen) atoms. The number of urea groups is 1. The van der Waals surface area contributed by atoms with Gasteiger partial charge in [0.15, 0.2) is 0 Å². The van der Waals surface area contributed by atoms with E-state index < -0.39 is 5.97 Å². The molecule has 0 aromatic heterocycles. The van der Waals surface area contributed by atoms with E-state index in [1.54, 1.807) is 24.3 Å². The molecule has 1 aromatic rings. The summed E-state index contributed by atoms with van der Waals surface area (Å²) in [6.45, 7) is 1.29. The molecule has 1 saturated carbocycles. The molecule has 5 heteroatoms. The number of hydrogen-bond acceptors (Lipinski definition) is 2. The van der Waals surface area contributed by atoms with E-state index in [2.05, 4.69) is 5.32 Å². The molecule has 1 saturated heterocycles. The molecule has 1 aliphatic carbocycles. The van der Waals surface area contributed by atoms with Gasteiger partial charge in [-0.1, -0.05) is 12.1 Å². The fraction of sp³-hybridized carbons (Fsp3) is 0.467. The van der Waals surface area contributed by atoms with Crippen LogP contribution in [0.5, 0.6) is 0 Å². The van der Waals surface area contributed by atoms with Crippen LogP contribution < -0.4 is 5.32 Å². The monoisotopic (exact) mass is 274 g/mol. The van der Waals surface area contributed by atoms with Gasteiger partial charge in [0.05, 0.1) is 5.56 Å². The van der Waals surface area contributed by atoms with E-state index in [0.717, 1.165) is 31.4 Å². The highest BCUT2D eigenvalue weighted by atomic mass is 16.4. The number of nitrogens with one attached hydrogen (secondary N) is 1. The second-order valence-electron chi connectivity index (χ2n) is 5.64. The molecule has 2 fully saturated rings. The van der Waals surface area contributed by atoms with Gasteiger partial charge >= 0.3 is 12.0 Å². The SMILES string of the molecule is O=C(O)c1ccc(CNC(=O)N2CCC23CCC3)cc1. The second kappa shape index (κ2) is 4.81. The van der Waals surface area contributed by atoms with Crippen LogP contribution in [0, 0.1) is 0 Å².